The topological polar surface area (TPSA) is 75.9 Å². The molecule has 0 saturated carbocycles. The van der Waals surface area contributed by atoms with Gasteiger partial charge in [-0.3, -0.25) is 0 Å². The van der Waals surface area contributed by atoms with Crippen LogP contribution in [0.15, 0.2) is 18.2 Å². The van der Waals surface area contributed by atoms with Gasteiger partial charge in [-0.2, -0.15) is 0 Å². The van der Waals surface area contributed by atoms with Crippen molar-refractivity contribution in [3.8, 4) is 0 Å². The lowest BCUT2D eigenvalue weighted by molar-refractivity contribution is 0.449. The summed E-state index contributed by atoms with van der Waals surface area (Å²) < 4.78 is 39.3. The number of nitrogen functional groups attached to an aromatic ring is 1. The van der Waals surface area contributed by atoms with Crippen LogP contribution in [-0.4, -0.2) is 9.97 Å². The first-order valence-corrected chi connectivity index (χ1v) is 5.24. The van der Waals surface area contributed by atoms with Crippen LogP contribution in [-0.2, 0) is 0 Å². The van der Waals surface area contributed by atoms with Crippen LogP contribution in [0.1, 0.15) is 5.82 Å². The minimum atomic E-state index is -1.55. The average Bonchev–Trinajstić information content (AvgIpc) is 2.39. The van der Waals surface area contributed by atoms with Gasteiger partial charge in [0, 0.05) is 6.07 Å². The van der Waals surface area contributed by atoms with E-state index >= 15 is 0 Å². The Morgan fingerprint density at radius 3 is 2.42 bits per heavy atom. The molecule has 0 aliphatic heterocycles. The summed E-state index contributed by atoms with van der Waals surface area (Å²) in [7, 11) is 0. The number of anilines is 3. The summed E-state index contributed by atoms with van der Waals surface area (Å²) in [5.41, 5.74) is 2.07. The van der Waals surface area contributed by atoms with E-state index in [1.54, 1.807) is 6.92 Å². The van der Waals surface area contributed by atoms with Gasteiger partial charge in [0.1, 0.15) is 17.5 Å². The van der Waals surface area contributed by atoms with Gasteiger partial charge in [-0.1, -0.05) is 0 Å². The minimum Gasteiger partial charge on any atom is -0.338 e. The molecular formula is C11H10F3N5. The SMILES string of the molecule is Cc1nc(NN)cc(Nc2ccc(F)c(F)c2F)n1. The van der Waals surface area contributed by atoms with Crippen molar-refractivity contribution in [3.63, 3.8) is 0 Å². The van der Waals surface area contributed by atoms with Crippen LogP contribution in [0.25, 0.3) is 0 Å². The van der Waals surface area contributed by atoms with Crippen LogP contribution >= 0.6 is 0 Å². The molecule has 0 saturated heterocycles. The smallest absolute Gasteiger partial charge is 0.196 e. The van der Waals surface area contributed by atoms with Crippen molar-refractivity contribution in [2.45, 2.75) is 6.92 Å². The molecule has 0 radical (unpaired) electrons. The summed E-state index contributed by atoms with van der Waals surface area (Å²) in [5, 5.41) is 2.53. The van der Waals surface area contributed by atoms with Crippen molar-refractivity contribution in [2.24, 2.45) is 5.84 Å². The molecule has 1 heterocycles. The highest BCUT2D eigenvalue weighted by Gasteiger charge is 2.14. The molecule has 2 aromatic rings. The Kier molecular flexibility index (Phi) is 3.52. The molecule has 0 aliphatic rings. The molecule has 0 atom stereocenters. The van der Waals surface area contributed by atoms with Gasteiger partial charge in [-0.25, -0.2) is 29.0 Å². The van der Waals surface area contributed by atoms with Gasteiger partial charge in [-0.05, 0) is 19.1 Å². The molecule has 0 fully saturated rings. The number of nitrogens with one attached hydrogen (secondary N) is 2. The Morgan fingerprint density at radius 2 is 1.74 bits per heavy atom. The lowest BCUT2D eigenvalue weighted by Crippen LogP contribution is -2.10. The predicted molar refractivity (Wildman–Crippen MR) is 64.2 cm³/mol. The van der Waals surface area contributed by atoms with Gasteiger partial charge < -0.3 is 10.7 Å². The molecule has 0 amide bonds. The average molecular weight is 269 g/mol. The summed E-state index contributed by atoms with van der Waals surface area (Å²) in [5.74, 6) is 1.95. The Labute approximate surface area is 106 Å². The van der Waals surface area contributed by atoms with E-state index < -0.39 is 17.5 Å². The number of hydrazine groups is 1. The third-order valence-electron chi connectivity index (χ3n) is 2.28. The number of halogens is 3. The first-order valence-electron chi connectivity index (χ1n) is 5.24. The summed E-state index contributed by atoms with van der Waals surface area (Å²) >= 11 is 0. The van der Waals surface area contributed by atoms with E-state index in [1.807, 2.05) is 0 Å². The van der Waals surface area contributed by atoms with Crippen LogP contribution in [0, 0.1) is 24.4 Å². The highest BCUT2D eigenvalue weighted by atomic mass is 19.2. The quantitative estimate of drug-likeness (QED) is 0.452. The van der Waals surface area contributed by atoms with Crippen molar-refractivity contribution < 1.29 is 13.2 Å². The predicted octanol–water partition coefficient (Wildman–Crippen LogP) is 2.23. The van der Waals surface area contributed by atoms with Crippen LogP contribution in [0.5, 0.6) is 0 Å². The monoisotopic (exact) mass is 269 g/mol. The lowest BCUT2D eigenvalue weighted by atomic mass is 10.2. The summed E-state index contributed by atoms with van der Waals surface area (Å²) in [6.45, 7) is 1.60. The molecule has 5 nitrogen and oxygen atoms in total. The van der Waals surface area contributed by atoms with E-state index in [1.165, 1.54) is 6.07 Å². The van der Waals surface area contributed by atoms with E-state index in [2.05, 4.69) is 20.7 Å². The van der Waals surface area contributed by atoms with E-state index in [0.29, 0.717) is 11.6 Å². The zero-order valence-electron chi connectivity index (χ0n) is 9.84. The number of aryl methyl sites for hydroxylation is 1. The van der Waals surface area contributed by atoms with Crippen LogP contribution < -0.4 is 16.6 Å². The van der Waals surface area contributed by atoms with Crippen molar-refractivity contribution in [1.82, 2.24) is 9.97 Å². The molecule has 100 valence electrons. The maximum atomic E-state index is 13.5. The largest absolute Gasteiger partial charge is 0.338 e. The number of hydrogen-bond acceptors (Lipinski definition) is 5. The van der Waals surface area contributed by atoms with Crippen molar-refractivity contribution in [2.75, 3.05) is 10.7 Å². The molecule has 8 heteroatoms. The van der Waals surface area contributed by atoms with Crippen LogP contribution in [0.3, 0.4) is 0 Å². The second kappa shape index (κ2) is 5.11. The third-order valence-corrected chi connectivity index (χ3v) is 2.28. The fourth-order valence-corrected chi connectivity index (χ4v) is 1.47. The Balaban J connectivity index is 2.36. The van der Waals surface area contributed by atoms with Gasteiger partial charge in [0.15, 0.2) is 17.5 Å². The normalized spacial score (nSPS) is 10.4. The molecule has 1 aromatic heterocycles. The third kappa shape index (κ3) is 2.74. The van der Waals surface area contributed by atoms with Gasteiger partial charge in [0.25, 0.3) is 0 Å². The number of hydrogen-bond donors (Lipinski definition) is 3. The van der Waals surface area contributed by atoms with E-state index in [4.69, 9.17) is 5.84 Å². The maximum Gasteiger partial charge on any atom is 0.196 e. The van der Waals surface area contributed by atoms with E-state index in [-0.39, 0.29) is 11.5 Å². The van der Waals surface area contributed by atoms with E-state index in [9.17, 15) is 13.2 Å². The lowest BCUT2D eigenvalue weighted by Gasteiger charge is -2.09. The van der Waals surface area contributed by atoms with Gasteiger partial charge in [-0.15, -0.1) is 0 Å². The molecule has 19 heavy (non-hydrogen) atoms. The highest BCUT2D eigenvalue weighted by molar-refractivity contribution is 5.59. The molecule has 0 unspecified atom stereocenters. The molecular weight excluding hydrogens is 259 g/mol. The molecule has 0 bridgehead atoms. The molecule has 2 rings (SSSR count). The number of rotatable bonds is 3. The first kappa shape index (κ1) is 13.1. The molecule has 0 aliphatic carbocycles. The van der Waals surface area contributed by atoms with Crippen LogP contribution in [0.4, 0.5) is 30.5 Å². The summed E-state index contributed by atoms with van der Waals surface area (Å²) in [6, 6.07) is 3.28. The highest BCUT2D eigenvalue weighted by Crippen LogP contribution is 2.23. The number of benzene rings is 1. The Bertz CT molecular complexity index is 618. The van der Waals surface area contributed by atoms with Crippen molar-refractivity contribution in [1.29, 1.82) is 0 Å². The Hall–Kier alpha value is -2.35. The second-order valence-corrected chi connectivity index (χ2v) is 3.68. The van der Waals surface area contributed by atoms with Gasteiger partial charge >= 0.3 is 0 Å². The van der Waals surface area contributed by atoms with Crippen molar-refractivity contribution in [3.05, 3.63) is 41.5 Å². The second-order valence-electron chi connectivity index (χ2n) is 3.68. The molecule has 0 spiro atoms. The minimum absolute atomic E-state index is 0.199. The number of nitrogens with two attached hydrogens (primary N) is 1. The molecule has 1 aromatic carbocycles. The zero-order chi connectivity index (χ0) is 14.0. The number of aromatic nitrogens is 2. The van der Waals surface area contributed by atoms with E-state index in [0.717, 1.165) is 12.1 Å². The standard InChI is InChI=1S/C11H10F3N5/c1-5-16-8(4-9(17-5)19-15)18-7-3-2-6(12)10(13)11(7)14/h2-4H,15H2,1H3,(H2,16,17,18,19). The Morgan fingerprint density at radius 1 is 1.05 bits per heavy atom. The van der Waals surface area contributed by atoms with Crippen LogP contribution in [0.2, 0.25) is 0 Å². The maximum absolute atomic E-state index is 13.5. The zero-order valence-corrected chi connectivity index (χ0v) is 9.84. The fourth-order valence-electron chi connectivity index (χ4n) is 1.47. The fraction of sp³-hybridized carbons (Fsp3) is 0.0909. The first-order chi connectivity index (χ1) is 9.01. The van der Waals surface area contributed by atoms with Crippen molar-refractivity contribution >= 4 is 17.3 Å². The van der Waals surface area contributed by atoms with Gasteiger partial charge in [0.05, 0.1) is 5.69 Å². The summed E-state index contributed by atoms with van der Waals surface area (Å²) in [6.07, 6.45) is 0. The summed E-state index contributed by atoms with van der Waals surface area (Å²) in [4.78, 5) is 7.90. The van der Waals surface area contributed by atoms with Gasteiger partial charge in [0.2, 0.25) is 0 Å². The molecule has 4 N–H and O–H groups in total. The number of nitrogens with zero attached hydrogens (tertiary/aromatic N) is 2.